The molecular formula is C21H28NO5P. The molecule has 0 aliphatic carbocycles. The van der Waals surface area contributed by atoms with Gasteiger partial charge in [-0.25, -0.2) is 0 Å². The number of H-pyrrole nitrogens is 1. The highest BCUT2D eigenvalue weighted by Gasteiger charge is 2.48. The van der Waals surface area contributed by atoms with Gasteiger partial charge in [0.2, 0.25) is 0 Å². The predicted molar refractivity (Wildman–Crippen MR) is 109 cm³/mol. The van der Waals surface area contributed by atoms with Crippen LogP contribution in [0.3, 0.4) is 0 Å². The minimum atomic E-state index is -3.53. The van der Waals surface area contributed by atoms with Crippen molar-refractivity contribution in [2.75, 3.05) is 19.4 Å². The Hall–Kier alpha value is -2.14. The summed E-state index contributed by atoms with van der Waals surface area (Å²) in [6.45, 7) is 7.81. The van der Waals surface area contributed by atoms with Crippen molar-refractivity contribution in [3.8, 4) is 0 Å². The third-order valence-corrected chi connectivity index (χ3v) is 6.56. The van der Waals surface area contributed by atoms with Crippen LogP contribution in [0, 0.1) is 0 Å². The van der Waals surface area contributed by atoms with Crippen LogP contribution in [-0.4, -0.2) is 30.3 Å². The van der Waals surface area contributed by atoms with Crippen molar-refractivity contribution in [1.29, 1.82) is 0 Å². The molecular weight excluding hydrogens is 377 g/mol. The quantitative estimate of drug-likeness (QED) is 0.311. The Labute approximate surface area is 166 Å². The fourth-order valence-corrected chi connectivity index (χ4v) is 5.24. The topological polar surface area (TPSA) is 77.6 Å². The zero-order valence-electron chi connectivity index (χ0n) is 16.4. The van der Waals surface area contributed by atoms with Gasteiger partial charge in [-0.15, -0.1) is 6.58 Å². The Morgan fingerprint density at radius 2 is 1.82 bits per heavy atom. The zero-order valence-corrected chi connectivity index (χ0v) is 17.3. The number of ether oxygens (including phenoxy) is 1. The van der Waals surface area contributed by atoms with Gasteiger partial charge in [0.15, 0.2) is 0 Å². The monoisotopic (exact) mass is 405 g/mol. The zero-order chi connectivity index (χ0) is 20.5. The van der Waals surface area contributed by atoms with Crippen molar-refractivity contribution in [3.05, 3.63) is 72.6 Å². The van der Waals surface area contributed by atoms with E-state index >= 15 is 0 Å². The van der Waals surface area contributed by atoms with Gasteiger partial charge in [0.1, 0.15) is 12.0 Å². The van der Waals surface area contributed by atoms with Crippen molar-refractivity contribution in [2.24, 2.45) is 0 Å². The summed E-state index contributed by atoms with van der Waals surface area (Å²) in [5.74, 6) is -0.502. The number of hydrogen-bond donors (Lipinski definition) is 1. The predicted octanol–water partition coefficient (Wildman–Crippen LogP) is 4.84. The lowest BCUT2D eigenvalue weighted by Crippen LogP contribution is -2.41. The molecule has 1 N–H and O–H groups in total. The highest BCUT2D eigenvalue weighted by molar-refractivity contribution is 7.54. The number of esters is 1. The molecule has 1 aromatic carbocycles. The van der Waals surface area contributed by atoms with E-state index in [0.29, 0.717) is 5.69 Å². The van der Waals surface area contributed by atoms with Gasteiger partial charge in [0.05, 0.1) is 19.4 Å². The van der Waals surface area contributed by atoms with Crippen molar-refractivity contribution in [2.45, 2.75) is 32.3 Å². The van der Waals surface area contributed by atoms with E-state index in [1.807, 2.05) is 30.3 Å². The van der Waals surface area contributed by atoms with E-state index in [1.54, 1.807) is 38.3 Å². The number of rotatable bonds is 12. The summed E-state index contributed by atoms with van der Waals surface area (Å²) in [5, 5.41) is 0. The van der Waals surface area contributed by atoms with Gasteiger partial charge in [-0.1, -0.05) is 36.4 Å². The molecule has 2 aromatic rings. The van der Waals surface area contributed by atoms with Crippen LogP contribution in [-0.2, 0) is 35.2 Å². The molecule has 0 radical (unpaired) electrons. The van der Waals surface area contributed by atoms with E-state index in [9.17, 15) is 9.36 Å². The van der Waals surface area contributed by atoms with Crippen LogP contribution >= 0.6 is 7.60 Å². The van der Waals surface area contributed by atoms with Crippen LogP contribution in [0.1, 0.15) is 31.5 Å². The van der Waals surface area contributed by atoms with E-state index in [-0.39, 0.29) is 32.4 Å². The molecule has 0 spiro atoms. The van der Waals surface area contributed by atoms with Crippen LogP contribution in [0.25, 0.3) is 0 Å². The molecule has 6 nitrogen and oxygen atoms in total. The first-order valence-corrected chi connectivity index (χ1v) is 11.1. The molecule has 2 rings (SSSR count). The standard InChI is InChI=1S/C21H28NO5P/c1-4-14-21(19-13-10-15-22-19,17-28(24,26-5-2)27-6-3)20(23)25-16-18-11-8-7-9-12-18/h4,7-13,15,22H,1,5-6,14,16-17H2,2-3H3. The normalized spacial score (nSPS) is 13.6. The number of benzene rings is 1. The van der Waals surface area contributed by atoms with Crippen LogP contribution in [0.2, 0.25) is 0 Å². The average Bonchev–Trinajstić information content (AvgIpc) is 3.22. The van der Waals surface area contributed by atoms with Gasteiger partial charge in [-0.2, -0.15) is 0 Å². The molecule has 0 saturated heterocycles. The SMILES string of the molecule is C=CCC(CP(=O)(OCC)OCC)(C(=O)OCc1ccccc1)c1ccc[nH]1. The number of nitrogens with one attached hydrogen (secondary N) is 1. The summed E-state index contributed by atoms with van der Waals surface area (Å²) in [7, 11) is -3.53. The number of aromatic nitrogens is 1. The maximum Gasteiger partial charge on any atom is 0.332 e. The second kappa shape index (κ2) is 10.4. The summed E-state index contributed by atoms with van der Waals surface area (Å²) in [4.78, 5) is 16.4. The number of carbonyl (C=O) groups is 1. The summed E-state index contributed by atoms with van der Waals surface area (Å²) in [6.07, 6.45) is 3.42. The number of hydrogen-bond acceptors (Lipinski definition) is 5. The second-order valence-corrected chi connectivity index (χ2v) is 8.38. The molecule has 0 aliphatic heterocycles. The lowest BCUT2D eigenvalue weighted by atomic mass is 9.83. The van der Waals surface area contributed by atoms with Crippen LogP contribution in [0.5, 0.6) is 0 Å². The van der Waals surface area contributed by atoms with Crippen molar-refractivity contribution in [1.82, 2.24) is 4.98 Å². The fraction of sp³-hybridized carbons (Fsp3) is 0.381. The molecule has 1 unspecified atom stereocenters. The summed E-state index contributed by atoms with van der Waals surface area (Å²) in [5.41, 5.74) is 0.206. The first kappa shape index (κ1) is 22.2. The van der Waals surface area contributed by atoms with Crippen LogP contribution < -0.4 is 0 Å². The summed E-state index contributed by atoms with van der Waals surface area (Å²) >= 11 is 0. The van der Waals surface area contributed by atoms with Gasteiger partial charge in [-0.05, 0) is 38.0 Å². The van der Waals surface area contributed by atoms with E-state index in [1.165, 1.54) is 0 Å². The van der Waals surface area contributed by atoms with Gasteiger partial charge in [0, 0.05) is 11.9 Å². The average molecular weight is 405 g/mol. The van der Waals surface area contributed by atoms with Crippen LogP contribution in [0.15, 0.2) is 61.3 Å². The largest absolute Gasteiger partial charge is 0.460 e. The molecule has 1 heterocycles. The molecule has 0 saturated carbocycles. The highest BCUT2D eigenvalue weighted by Crippen LogP contribution is 2.54. The van der Waals surface area contributed by atoms with Crippen molar-refractivity contribution in [3.63, 3.8) is 0 Å². The molecule has 1 aromatic heterocycles. The second-order valence-electron chi connectivity index (χ2n) is 6.33. The number of aromatic amines is 1. The molecule has 0 aliphatic rings. The molecule has 152 valence electrons. The van der Waals surface area contributed by atoms with Gasteiger partial charge >= 0.3 is 13.6 Å². The summed E-state index contributed by atoms with van der Waals surface area (Å²) in [6, 6.07) is 13.0. The van der Waals surface area contributed by atoms with Gasteiger partial charge < -0.3 is 18.8 Å². The van der Waals surface area contributed by atoms with E-state index in [4.69, 9.17) is 13.8 Å². The first-order valence-electron chi connectivity index (χ1n) is 9.33. The maximum atomic E-state index is 13.3. The Bertz CT molecular complexity index is 780. The van der Waals surface area contributed by atoms with E-state index in [2.05, 4.69) is 11.6 Å². The maximum absolute atomic E-state index is 13.3. The van der Waals surface area contributed by atoms with E-state index < -0.39 is 19.0 Å². The first-order chi connectivity index (χ1) is 13.5. The number of allylic oxidation sites excluding steroid dienone is 1. The van der Waals surface area contributed by atoms with E-state index in [0.717, 1.165) is 5.56 Å². The Morgan fingerprint density at radius 1 is 1.14 bits per heavy atom. The molecule has 1 atom stereocenters. The lowest BCUT2D eigenvalue weighted by molar-refractivity contribution is -0.151. The molecule has 7 heteroatoms. The molecule has 0 bridgehead atoms. The summed E-state index contributed by atoms with van der Waals surface area (Å²) < 4.78 is 29.8. The molecule has 0 amide bonds. The highest BCUT2D eigenvalue weighted by atomic mass is 31.2. The van der Waals surface area contributed by atoms with Crippen molar-refractivity contribution >= 4 is 13.6 Å². The minimum absolute atomic E-state index is 0.118. The fourth-order valence-electron chi connectivity index (χ4n) is 3.11. The van der Waals surface area contributed by atoms with Crippen LogP contribution in [0.4, 0.5) is 0 Å². The minimum Gasteiger partial charge on any atom is -0.460 e. The molecule has 28 heavy (non-hydrogen) atoms. The molecule has 0 fully saturated rings. The smallest absolute Gasteiger partial charge is 0.332 e. The Balaban J connectivity index is 2.38. The Morgan fingerprint density at radius 3 is 2.36 bits per heavy atom. The lowest BCUT2D eigenvalue weighted by Gasteiger charge is -2.32. The van der Waals surface area contributed by atoms with Gasteiger partial charge in [0.25, 0.3) is 0 Å². The third kappa shape index (κ3) is 5.44. The number of carbonyl (C=O) groups excluding carboxylic acids is 1. The van der Waals surface area contributed by atoms with Gasteiger partial charge in [-0.3, -0.25) is 9.36 Å². The van der Waals surface area contributed by atoms with Crippen molar-refractivity contribution < 1.29 is 23.1 Å². The Kier molecular flexibility index (Phi) is 8.24. The third-order valence-electron chi connectivity index (χ3n) is 4.32.